The molecule has 9 heteroatoms. The maximum absolute atomic E-state index is 13.5. The molecule has 1 atom stereocenters. The molecule has 0 saturated carbocycles. The van der Waals surface area contributed by atoms with Gasteiger partial charge in [-0.3, -0.25) is 4.90 Å². The Morgan fingerprint density at radius 2 is 1.86 bits per heavy atom. The van der Waals surface area contributed by atoms with Crippen LogP contribution in [-0.4, -0.2) is 56.7 Å². The number of piperidine rings is 1. The van der Waals surface area contributed by atoms with Gasteiger partial charge >= 0.3 is 0 Å². The van der Waals surface area contributed by atoms with Gasteiger partial charge < -0.3 is 14.6 Å². The van der Waals surface area contributed by atoms with Gasteiger partial charge in [-0.2, -0.15) is 4.52 Å². The molecule has 2 aliphatic heterocycles. The summed E-state index contributed by atoms with van der Waals surface area (Å²) in [5.41, 5.74) is 0.919. The van der Waals surface area contributed by atoms with Crippen molar-refractivity contribution in [3.8, 4) is 5.88 Å². The van der Waals surface area contributed by atoms with Crippen molar-refractivity contribution in [3.05, 3.63) is 46.3 Å². The van der Waals surface area contributed by atoms with Crippen LogP contribution >= 0.6 is 11.3 Å². The zero-order chi connectivity index (χ0) is 19.3. The van der Waals surface area contributed by atoms with E-state index in [9.17, 15) is 9.50 Å². The number of aryl methyl sites for hydroxylation is 1. The Labute approximate surface area is 165 Å². The van der Waals surface area contributed by atoms with Gasteiger partial charge in [0.05, 0.1) is 24.1 Å². The van der Waals surface area contributed by atoms with Crippen molar-refractivity contribution in [2.24, 2.45) is 0 Å². The smallest absolute Gasteiger partial charge is 0.230 e. The van der Waals surface area contributed by atoms with Gasteiger partial charge in [-0.15, -0.1) is 5.10 Å². The molecule has 0 unspecified atom stereocenters. The summed E-state index contributed by atoms with van der Waals surface area (Å²) in [6.45, 7) is 4.55. The number of aromatic nitrogens is 3. The fourth-order valence-corrected chi connectivity index (χ4v) is 5.27. The number of hydrogen-bond donors (Lipinski definition) is 1. The summed E-state index contributed by atoms with van der Waals surface area (Å²) in [5.74, 6) is -0.0602. The molecule has 0 aliphatic carbocycles. The molecule has 1 N–H and O–H groups in total. The first kappa shape index (κ1) is 18.0. The lowest BCUT2D eigenvalue weighted by molar-refractivity contribution is -0.187. The molecule has 0 amide bonds. The third kappa shape index (κ3) is 2.98. The Kier molecular flexibility index (Phi) is 4.35. The van der Waals surface area contributed by atoms with E-state index in [0.29, 0.717) is 24.0 Å². The number of benzene rings is 1. The predicted molar refractivity (Wildman–Crippen MR) is 101 cm³/mol. The first-order chi connectivity index (χ1) is 13.5. The van der Waals surface area contributed by atoms with Crippen LogP contribution in [0.1, 0.15) is 35.1 Å². The van der Waals surface area contributed by atoms with Crippen molar-refractivity contribution in [3.63, 3.8) is 0 Å². The minimum absolute atomic E-state index is 0.0866. The zero-order valence-corrected chi connectivity index (χ0v) is 16.3. The minimum atomic E-state index is -0.478. The highest BCUT2D eigenvalue weighted by molar-refractivity contribution is 7.17. The van der Waals surface area contributed by atoms with E-state index in [4.69, 9.17) is 9.47 Å². The molecule has 1 aromatic carbocycles. The average molecular weight is 404 g/mol. The topological polar surface area (TPSA) is 72.1 Å². The Bertz CT molecular complexity index is 987. The van der Waals surface area contributed by atoms with Crippen LogP contribution in [0.15, 0.2) is 24.3 Å². The number of hydrogen-bond acceptors (Lipinski definition) is 7. The Morgan fingerprint density at radius 1 is 1.18 bits per heavy atom. The maximum atomic E-state index is 13.5. The number of ether oxygens (including phenoxy) is 2. The first-order valence-electron chi connectivity index (χ1n) is 9.37. The number of halogens is 1. The van der Waals surface area contributed by atoms with E-state index >= 15 is 0 Å². The van der Waals surface area contributed by atoms with Crippen LogP contribution in [0, 0.1) is 12.7 Å². The van der Waals surface area contributed by atoms with Crippen LogP contribution in [0.25, 0.3) is 4.96 Å². The van der Waals surface area contributed by atoms with Gasteiger partial charge in [0.2, 0.25) is 10.8 Å². The van der Waals surface area contributed by atoms with Crippen LogP contribution < -0.4 is 0 Å². The van der Waals surface area contributed by atoms with Crippen LogP contribution in [0.5, 0.6) is 5.88 Å². The lowest BCUT2D eigenvalue weighted by Gasteiger charge is -2.41. The maximum Gasteiger partial charge on any atom is 0.230 e. The monoisotopic (exact) mass is 404 g/mol. The van der Waals surface area contributed by atoms with E-state index < -0.39 is 5.79 Å². The van der Waals surface area contributed by atoms with Crippen molar-refractivity contribution < 1.29 is 19.0 Å². The Balaban J connectivity index is 1.52. The van der Waals surface area contributed by atoms with Crippen LogP contribution in [-0.2, 0) is 9.47 Å². The highest BCUT2D eigenvalue weighted by Gasteiger charge is 2.42. The molecule has 5 rings (SSSR count). The summed E-state index contributed by atoms with van der Waals surface area (Å²) < 4.78 is 26.7. The normalized spacial score (nSPS) is 20.9. The third-order valence-corrected chi connectivity index (χ3v) is 6.55. The fraction of sp³-hybridized carbons (Fsp3) is 0.474. The standard InChI is InChI=1S/C19H21FN4O3S/c1-12-21-18-24(22-12)17(25)16(28-18)15(13-2-4-14(20)5-3-13)23-8-6-19(7-9-23)26-10-11-27-19/h2-5,15,25H,6-11H2,1H3/t15-/m1/s1. The largest absolute Gasteiger partial charge is 0.492 e. The van der Waals surface area contributed by atoms with Crippen molar-refractivity contribution in [2.45, 2.75) is 31.6 Å². The highest BCUT2D eigenvalue weighted by Crippen LogP contribution is 2.42. The molecule has 3 aromatic rings. The summed E-state index contributed by atoms with van der Waals surface area (Å²) in [6, 6.07) is 6.24. The molecule has 1 spiro atoms. The van der Waals surface area contributed by atoms with Gasteiger partial charge in [-0.1, -0.05) is 23.5 Å². The number of thiazole rings is 1. The summed E-state index contributed by atoms with van der Waals surface area (Å²) in [5, 5.41) is 15.1. The molecule has 4 heterocycles. The highest BCUT2D eigenvalue weighted by atomic mass is 32.1. The number of nitrogens with zero attached hydrogens (tertiary/aromatic N) is 4. The SMILES string of the molecule is Cc1nc2sc([C@@H](c3ccc(F)cc3)N3CCC4(CC3)OCCO4)c(O)n2n1. The zero-order valence-electron chi connectivity index (χ0n) is 15.5. The summed E-state index contributed by atoms with van der Waals surface area (Å²) in [7, 11) is 0. The van der Waals surface area contributed by atoms with Crippen molar-refractivity contribution in [2.75, 3.05) is 26.3 Å². The molecular formula is C19H21FN4O3S. The summed E-state index contributed by atoms with van der Waals surface area (Å²) in [6.07, 6.45) is 1.51. The number of aromatic hydroxyl groups is 1. The molecular weight excluding hydrogens is 383 g/mol. The number of rotatable bonds is 3. The van der Waals surface area contributed by atoms with E-state index in [1.807, 2.05) is 0 Å². The van der Waals surface area contributed by atoms with Gasteiger partial charge in [0.25, 0.3) is 0 Å². The van der Waals surface area contributed by atoms with Crippen LogP contribution in [0.2, 0.25) is 0 Å². The second kappa shape index (κ2) is 6.77. The second-order valence-electron chi connectivity index (χ2n) is 7.24. The molecule has 28 heavy (non-hydrogen) atoms. The molecule has 0 radical (unpaired) electrons. The Hall–Kier alpha value is -2.07. The lowest BCUT2D eigenvalue weighted by atomic mass is 9.97. The Morgan fingerprint density at radius 3 is 2.50 bits per heavy atom. The van der Waals surface area contributed by atoms with E-state index in [2.05, 4.69) is 15.0 Å². The summed E-state index contributed by atoms with van der Waals surface area (Å²) in [4.78, 5) is 8.06. The fourth-order valence-electron chi connectivity index (χ4n) is 4.11. The van der Waals surface area contributed by atoms with E-state index in [1.165, 1.54) is 28.0 Å². The lowest BCUT2D eigenvalue weighted by Crippen LogP contribution is -2.46. The van der Waals surface area contributed by atoms with Crippen molar-refractivity contribution in [1.82, 2.24) is 19.5 Å². The minimum Gasteiger partial charge on any atom is -0.492 e. The van der Waals surface area contributed by atoms with E-state index in [0.717, 1.165) is 36.4 Å². The molecule has 2 fully saturated rings. The molecule has 148 valence electrons. The van der Waals surface area contributed by atoms with Gasteiger partial charge in [0.15, 0.2) is 5.79 Å². The van der Waals surface area contributed by atoms with Gasteiger partial charge in [-0.05, 0) is 24.6 Å². The van der Waals surface area contributed by atoms with Crippen molar-refractivity contribution >= 4 is 16.3 Å². The predicted octanol–water partition coefficient (Wildman–Crippen LogP) is 2.87. The number of likely N-dealkylation sites (tertiary alicyclic amines) is 1. The molecule has 7 nitrogen and oxygen atoms in total. The molecule has 2 saturated heterocycles. The van der Waals surface area contributed by atoms with Crippen molar-refractivity contribution in [1.29, 1.82) is 0 Å². The third-order valence-electron chi connectivity index (χ3n) is 5.48. The van der Waals surface area contributed by atoms with Gasteiger partial charge in [0.1, 0.15) is 11.6 Å². The summed E-state index contributed by atoms with van der Waals surface area (Å²) >= 11 is 1.41. The van der Waals surface area contributed by atoms with E-state index in [1.54, 1.807) is 19.1 Å². The molecule has 2 aromatic heterocycles. The van der Waals surface area contributed by atoms with Gasteiger partial charge in [-0.25, -0.2) is 9.37 Å². The average Bonchev–Trinajstić information content (AvgIpc) is 3.37. The number of fused-ring (bicyclic) bond motifs is 1. The van der Waals surface area contributed by atoms with E-state index in [-0.39, 0.29) is 17.7 Å². The quantitative estimate of drug-likeness (QED) is 0.724. The molecule has 0 bridgehead atoms. The van der Waals surface area contributed by atoms with Crippen LogP contribution in [0.3, 0.4) is 0 Å². The van der Waals surface area contributed by atoms with Crippen LogP contribution in [0.4, 0.5) is 4.39 Å². The van der Waals surface area contributed by atoms with Gasteiger partial charge in [0, 0.05) is 25.9 Å². The first-order valence-corrected chi connectivity index (χ1v) is 10.2. The second-order valence-corrected chi connectivity index (χ2v) is 8.25. The molecule has 2 aliphatic rings.